The van der Waals surface area contributed by atoms with Crippen molar-refractivity contribution in [2.24, 2.45) is 0 Å². The first-order valence-electron chi connectivity index (χ1n) is 4.10. The molecule has 1 aromatic carbocycles. The average molecular weight is 246 g/mol. The Morgan fingerprint density at radius 2 is 2.23 bits per heavy atom. The van der Waals surface area contributed by atoms with E-state index in [1.165, 1.54) is 0 Å². The molecule has 4 heteroatoms. The average Bonchev–Trinajstić information content (AvgIpc) is 2.03. The lowest BCUT2D eigenvalue weighted by atomic mass is 9.97. The van der Waals surface area contributed by atoms with E-state index in [9.17, 15) is 9.50 Å². The van der Waals surface area contributed by atoms with Crippen LogP contribution < -0.4 is 5.32 Å². The van der Waals surface area contributed by atoms with Gasteiger partial charge in [-0.2, -0.15) is 0 Å². The first-order valence-corrected chi connectivity index (χ1v) is 4.89. The molecule has 2 rings (SSSR count). The van der Waals surface area contributed by atoms with Gasteiger partial charge in [-0.25, -0.2) is 4.39 Å². The molecule has 1 aromatic rings. The summed E-state index contributed by atoms with van der Waals surface area (Å²) in [5.41, 5.74) is 0.645. The lowest BCUT2D eigenvalue weighted by Crippen LogP contribution is -2.35. The van der Waals surface area contributed by atoms with Gasteiger partial charge >= 0.3 is 0 Å². The number of halogens is 2. The second-order valence-electron chi connectivity index (χ2n) is 3.09. The van der Waals surface area contributed by atoms with Crippen molar-refractivity contribution >= 4 is 15.9 Å². The zero-order chi connectivity index (χ0) is 9.42. The van der Waals surface area contributed by atoms with Gasteiger partial charge in [0.25, 0.3) is 0 Å². The van der Waals surface area contributed by atoms with E-state index in [1.807, 2.05) is 0 Å². The molecule has 1 aliphatic heterocycles. The highest BCUT2D eigenvalue weighted by Crippen LogP contribution is 2.35. The summed E-state index contributed by atoms with van der Waals surface area (Å²) >= 11 is 3.01. The molecule has 1 aliphatic rings. The normalized spacial score (nSPS) is 21.2. The molecule has 2 nitrogen and oxygen atoms in total. The second-order valence-corrected chi connectivity index (χ2v) is 3.95. The molecule has 1 saturated heterocycles. The third kappa shape index (κ3) is 1.44. The molecule has 1 fully saturated rings. The van der Waals surface area contributed by atoms with E-state index in [1.54, 1.807) is 12.1 Å². The monoisotopic (exact) mass is 245 g/mol. The van der Waals surface area contributed by atoms with E-state index >= 15 is 0 Å². The molecule has 0 amide bonds. The van der Waals surface area contributed by atoms with Crippen molar-refractivity contribution in [2.45, 2.75) is 12.5 Å². The van der Waals surface area contributed by atoms with E-state index in [-0.39, 0.29) is 11.8 Å². The maximum atomic E-state index is 13.2. The van der Waals surface area contributed by atoms with E-state index in [0.717, 1.165) is 13.0 Å². The van der Waals surface area contributed by atoms with Crippen LogP contribution in [0.4, 0.5) is 4.39 Å². The first kappa shape index (κ1) is 8.97. The van der Waals surface area contributed by atoms with Crippen LogP contribution in [-0.4, -0.2) is 11.7 Å². The molecule has 13 heavy (non-hydrogen) atoms. The summed E-state index contributed by atoms with van der Waals surface area (Å²) in [5.74, 6) is -0.822. The van der Waals surface area contributed by atoms with Crippen LogP contribution in [0.5, 0.6) is 5.75 Å². The van der Waals surface area contributed by atoms with Crippen molar-refractivity contribution in [1.29, 1.82) is 0 Å². The molecule has 0 spiro atoms. The quantitative estimate of drug-likeness (QED) is 0.797. The van der Waals surface area contributed by atoms with E-state index in [2.05, 4.69) is 21.2 Å². The molecular formula is C9H9BrFNO. The smallest absolute Gasteiger partial charge is 0.179 e. The van der Waals surface area contributed by atoms with Gasteiger partial charge in [-0.15, -0.1) is 0 Å². The van der Waals surface area contributed by atoms with E-state index in [0.29, 0.717) is 10.0 Å². The van der Waals surface area contributed by atoms with Crippen LogP contribution in [0.3, 0.4) is 0 Å². The largest absolute Gasteiger partial charge is 0.505 e. The third-order valence-electron chi connectivity index (χ3n) is 2.30. The van der Waals surface area contributed by atoms with Gasteiger partial charge in [0, 0.05) is 11.6 Å². The van der Waals surface area contributed by atoms with Crippen molar-refractivity contribution in [3.8, 4) is 5.75 Å². The second kappa shape index (κ2) is 3.27. The molecule has 0 saturated carbocycles. The van der Waals surface area contributed by atoms with Crippen molar-refractivity contribution in [2.75, 3.05) is 6.54 Å². The van der Waals surface area contributed by atoms with Gasteiger partial charge in [-0.1, -0.05) is 6.07 Å². The Kier molecular flexibility index (Phi) is 2.26. The Morgan fingerprint density at radius 1 is 1.54 bits per heavy atom. The predicted octanol–water partition coefficient (Wildman–Crippen LogP) is 2.33. The van der Waals surface area contributed by atoms with Crippen LogP contribution in [0.2, 0.25) is 0 Å². The molecule has 2 N–H and O–H groups in total. The summed E-state index contributed by atoms with van der Waals surface area (Å²) in [6.07, 6.45) is 0.953. The number of phenols is 1. The summed E-state index contributed by atoms with van der Waals surface area (Å²) < 4.78 is 13.5. The zero-order valence-electron chi connectivity index (χ0n) is 6.85. The molecule has 0 unspecified atom stereocenters. The Hall–Kier alpha value is -0.610. The highest BCUT2D eigenvalue weighted by Gasteiger charge is 2.23. The van der Waals surface area contributed by atoms with Crippen LogP contribution in [0.15, 0.2) is 16.6 Å². The Morgan fingerprint density at radius 3 is 2.77 bits per heavy atom. The van der Waals surface area contributed by atoms with Gasteiger partial charge in [0.15, 0.2) is 11.6 Å². The number of benzene rings is 1. The summed E-state index contributed by atoms with van der Waals surface area (Å²) in [4.78, 5) is 0. The minimum Gasteiger partial charge on any atom is -0.505 e. The number of hydrogen-bond donors (Lipinski definition) is 2. The summed E-state index contributed by atoms with van der Waals surface area (Å²) in [7, 11) is 0. The molecular weight excluding hydrogens is 237 g/mol. The Balaban J connectivity index is 2.41. The summed E-state index contributed by atoms with van der Waals surface area (Å²) in [6.45, 7) is 0.932. The molecule has 0 radical (unpaired) electrons. The lowest BCUT2D eigenvalue weighted by Gasteiger charge is -2.28. The fourth-order valence-corrected chi connectivity index (χ4v) is 1.71. The topological polar surface area (TPSA) is 32.3 Å². The maximum Gasteiger partial charge on any atom is 0.179 e. The highest BCUT2D eigenvalue weighted by molar-refractivity contribution is 9.10. The van der Waals surface area contributed by atoms with E-state index in [4.69, 9.17) is 0 Å². The van der Waals surface area contributed by atoms with Gasteiger partial charge in [-0.3, -0.25) is 0 Å². The van der Waals surface area contributed by atoms with Crippen molar-refractivity contribution in [3.05, 3.63) is 28.0 Å². The Bertz CT molecular complexity index is 339. The van der Waals surface area contributed by atoms with Gasteiger partial charge in [0.05, 0.1) is 4.47 Å². The van der Waals surface area contributed by atoms with Crippen LogP contribution in [0, 0.1) is 5.82 Å². The fourth-order valence-electron chi connectivity index (χ4n) is 1.39. The molecule has 70 valence electrons. The van der Waals surface area contributed by atoms with Crippen molar-refractivity contribution in [1.82, 2.24) is 5.32 Å². The molecule has 1 heterocycles. The molecule has 0 aromatic heterocycles. The van der Waals surface area contributed by atoms with Crippen LogP contribution in [0.1, 0.15) is 18.0 Å². The van der Waals surface area contributed by atoms with Gasteiger partial charge in [0.2, 0.25) is 0 Å². The van der Waals surface area contributed by atoms with Gasteiger partial charge in [-0.05, 0) is 35.0 Å². The fraction of sp³-hybridized carbons (Fsp3) is 0.333. The minimum atomic E-state index is -0.578. The number of aromatic hydroxyl groups is 1. The van der Waals surface area contributed by atoms with Crippen LogP contribution in [-0.2, 0) is 0 Å². The molecule has 1 atom stereocenters. The van der Waals surface area contributed by atoms with Crippen LogP contribution in [0.25, 0.3) is 0 Å². The van der Waals surface area contributed by atoms with Crippen molar-refractivity contribution in [3.63, 3.8) is 0 Å². The lowest BCUT2D eigenvalue weighted by molar-refractivity contribution is 0.354. The number of nitrogens with one attached hydrogen (secondary N) is 1. The van der Waals surface area contributed by atoms with Gasteiger partial charge < -0.3 is 10.4 Å². The number of phenolic OH excluding ortho intramolecular Hbond substituents is 1. The number of hydrogen-bond acceptors (Lipinski definition) is 2. The van der Waals surface area contributed by atoms with Crippen molar-refractivity contribution < 1.29 is 9.50 Å². The van der Waals surface area contributed by atoms with E-state index < -0.39 is 5.82 Å². The maximum absolute atomic E-state index is 13.2. The predicted molar refractivity (Wildman–Crippen MR) is 51.1 cm³/mol. The SMILES string of the molecule is Oc1c([C@H]2CCN2)ccc(Br)c1F. The highest BCUT2D eigenvalue weighted by atomic mass is 79.9. The first-order chi connectivity index (χ1) is 6.20. The minimum absolute atomic E-state index is 0.114. The van der Waals surface area contributed by atoms with Crippen LogP contribution >= 0.6 is 15.9 Å². The summed E-state index contributed by atoms with van der Waals surface area (Å²) in [6, 6.07) is 3.46. The Labute approximate surface area is 83.9 Å². The molecule has 0 aliphatic carbocycles. The molecule has 0 bridgehead atoms. The standard InChI is InChI=1S/C9H9BrFNO/c10-6-2-1-5(7-3-4-12-7)9(13)8(6)11/h1-2,7,12-13H,3-4H2/t7-/m1/s1. The number of rotatable bonds is 1. The third-order valence-corrected chi connectivity index (χ3v) is 2.91. The van der Waals surface area contributed by atoms with Gasteiger partial charge in [0.1, 0.15) is 0 Å². The summed E-state index contributed by atoms with van der Waals surface area (Å²) in [5, 5.41) is 12.6. The zero-order valence-corrected chi connectivity index (χ0v) is 8.44.